The van der Waals surface area contributed by atoms with Crippen LogP contribution in [-0.2, 0) is 0 Å². The highest BCUT2D eigenvalue weighted by Crippen LogP contribution is 2.17. The first-order valence-electron chi connectivity index (χ1n) is 4.53. The molecule has 0 aliphatic heterocycles. The Morgan fingerprint density at radius 3 is 2.71 bits per heavy atom. The van der Waals surface area contributed by atoms with Crippen molar-refractivity contribution < 1.29 is 0 Å². The Bertz CT molecular complexity index is 348. The van der Waals surface area contributed by atoms with Crippen molar-refractivity contribution in [1.29, 1.82) is 5.41 Å². The maximum Gasteiger partial charge on any atom is 0.106 e. The lowest BCUT2D eigenvalue weighted by molar-refractivity contribution is 0.607. The summed E-state index contributed by atoms with van der Waals surface area (Å²) < 4.78 is 0. The summed E-state index contributed by atoms with van der Waals surface area (Å²) in [5.41, 5.74) is 1.40. The predicted octanol–water partition coefficient (Wildman–Crippen LogP) is 2.83. The molecular weight excluding hydrogens is 174 g/mol. The van der Waals surface area contributed by atoms with Gasteiger partial charge in [-0.1, -0.05) is 20.8 Å². The van der Waals surface area contributed by atoms with Crippen LogP contribution >= 0.6 is 0 Å². The Kier molecular flexibility index (Phi) is 3.12. The molecule has 1 rings (SSSR count). The van der Waals surface area contributed by atoms with Gasteiger partial charge in [-0.25, -0.2) is 0 Å². The number of nitrogens with one attached hydrogen (secondary N) is 1. The average molecular weight is 189 g/mol. The van der Waals surface area contributed by atoms with Crippen molar-refractivity contribution in [2.75, 3.05) is 0 Å². The molecule has 0 spiro atoms. The number of aromatic nitrogens is 1. The third-order valence-corrected chi connectivity index (χ3v) is 1.54. The molecule has 74 valence electrons. The first-order chi connectivity index (χ1) is 6.53. The number of pyridine rings is 1. The van der Waals surface area contributed by atoms with Gasteiger partial charge in [0, 0.05) is 18.6 Å². The minimum Gasteiger partial charge on any atom is -0.306 e. The van der Waals surface area contributed by atoms with Gasteiger partial charge in [-0.2, -0.15) is 0 Å². The van der Waals surface area contributed by atoms with E-state index < -0.39 is 0 Å². The fourth-order valence-corrected chi connectivity index (χ4v) is 0.893. The zero-order valence-electron chi connectivity index (χ0n) is 8.78. The van der Waals surface area contributed by atoms with Crippen LogP contribution in [0.25, 0.3) is 0 Å². The molecule has 0 aliphatic rings. The Morgan fingerprint density at radius 1 is 1.43 bits per heavy atom. The molecule has 0 atom stereocenters. The van der Waals surface area contributed by atoms with Crippen LogP contribution in [0.4, 0.5) is 5.69 Å². The van der Waals surface area contributed by atoms with Crippen LogP contribution in [0.5, 0.6) is 0 Å². The van der Waals surface area contributed by atoms with E-state index in [0.29, 0.717) is 5.69 Å². The van der Waals surface area contributed by atoms with Crippen LogP contribution in [0.15, 0.2) is 23.3 Å². The van der Waals surface area contributed by atoms with E-state index in [1.807, 2.05) is 18.3 Å². The topological polar surface area (TPSA) is 49.1 Å². The average Bonchev–Trinajstić information content (AvgIpc) is 2.14. The number of aliphatic imine (C=N–C) groups is 1. The summed E-state index contributed by atoms with van der Waals surface area (Å²) in [5, 5.41) is 7.16. The third kappa shape index (κ3) is 3.09. The molecule has 0 aliphatic carbocycles. The van der Waals surface area contributed by atoms with E-state index in [2.05, 4.69) is 30.7 Å². The molecule has 0 radical (unpaired) electrons. The molecule has 1 aromatic heterocycles. The van der Waals surface area contributed by atoms with Crippen LogP contribution in [0.1, 0.15) is 26.5 Å². The molecular formula is C11H15N3. The third-order valence-electron chi connectivity index (χ3n) is 1.54. The minimum absolute atomic E-state index is 0.0507. The van der Waals surface area contributed by atoms with E-state index >= 15 is 0 Å². The fraction of sp³-hybridized carbons (Fsp3) is 0.364. The molecule has 1 N–H and O–H groups in total. The van der Waals surface area contributed by atoms with Crippen LogP contribution in [0, 0.1) is 10.8 Å². The van der Waals surface area contributed by atoms with Crippen molar-refractivity contribution in [2.24, 2.45) is 10.4 Å². The molecule has 0 fully saturated rings. The van der Waals surface area contributed by atoms with Crippen molar-refractivity contribution in [3.05, 3.63) is 24.0 Å². The second-order valence-electron chi connectivity index (χ2n) is 4.18. The van der Waals surface area contributed by atoms with Crippen molar-refractivity contribution in [2.45, 2.75) is 20.8 Å². The zero-order valence-corrected chi connectivity index (χ0v) is 8.78. The van der Waals surface area contributed by atoms with Gasteiger partial charge >= 0.3 is 0 Å². The molecule has 0 saturated carbocycles. The van der Waals surface area contributed by atoms with Gasteiger partial charge in [-0.3, -0.25) is 9.98 Å². The van der Waals surface area contributed by atoms with E-state index in [4.69, 9.17) is 5.41 Å². The van der Waals surface area contributed by atoms with Crippen LogP contribution < -0.4 is 0 Å². The molecule has 1 aromatic rings. The van der Waals surface area contributed by atoms with E-state index in [1.54, 1.807) is 6.20 Å². The number of hydrogen-bond acceptors (Lipinski definition) is 3. The Morgan fingerprint density at radius 2 is 2.14 bits per heavy atom. The molecule has 0 saturated heterocycles. The molecule has 0 bridgehead atoms. The molecule has 0 unspecified atom stereocenters. The summed E-state index contributed by atoms with van der Waals surface area (Å²) in [5.74, 6) is 0. The van der Waals surface area contributed by atoms with Gasteiger partial charge in [0.25, 0.3) is 0 Å². The highest BCUT2D eigenvalue weighted by molar-refractivity contribution is 5.83. The molecule has 0 amide bonds. The Hall–Kier alpha value is -1.51. The molecule has 0 aromatic carbocycles. The number of hydrogen-bond donors (Lipinski definition) is 1. The second-order valence-corrected chi connectivity index (χ2v) is 4.18. The second kappa shape index (κ2) is 4.13. The smallest absolute Gasteiger partial charge is 0.106 e. The molecule has 3 nitrogen and oxygen atoms in total. The predicted molar refractivity (Wildman–Crippen MR) is 59.7 cm³/mol. The lowest BCUT2D eigenvalue weighted by atomic mass is 9.99. The van der Waals surface area contributed by atoms with Crippen LogP contribution in [0.3, 0.4) is 0 Å². The monoisotopic (exact) mass is 189 g/mol. The summed E-state index contributed by atoms with van der Waals surface area (Å²) in [6.07, 6.45) is 4.75. The molecule has 14 heavy (non-hydrogen) atoms. The zero-order chi connectivity index (χ0) is 10.6. The summed E-state index contributed by atoms with van der Waals surface area (Å²) >= 11 is 0. The summed E-state index contributed by atoms with van der Waals surface area (Å²) in [6, 6.07) is 3.68. The van der Waals surface area contributed by atoms with Crippen LogP contribution in [-0.4, -0.2) is 17.4 Å². The first kappa shape index (κ1) is 10.6. The highest BCUT2D eigenvalue weighted by Gasteiger charge is 2.05. The summed E-state index contributed by atoms with van der Waals surface area (Å²) in [4.78, 5) is 8.35. The van der Waals surface area contributed by atoms with Crippen LogP contribution in [0.2, 0.25) is 0 Å². The lowest BCUT2D eigenvalue weighted by Crippen LogP contribution is -2.05. The molecule has 1 heterocycles. The van der Waals surface area contributed by atoms with Gasteiger partial charge in [0.05, 0.1) is 5.69 Å². The van der Waals surface area contributed by atoms with Crippen molar-refractivity contribution in [3.8, 4) is 0 Å². The van der Waals surface area contributed by atoms with Gasteiger partial charge < -0.3 is 5.41 Å². The van der Waals surface area contributed by atoms with Crippen molar-refractivity contribution in [3.63, 3.8) is 0 Å². The van der Waals surface area contributed by atoms with Crippen molar-refractivity contribution in [1.82, 2.24) is 4.98 Å². The Labute approximate surface area is 84.4 Å². The van der Waals surface area contributed by atoms with E-state index in [1.165, 1.54) is 6.21 Å². The van der Waals surface area contributed by atoms with E-state index in [0.717, 1.165) is 5.69 Å². The van der Waals surface area contributed by atoms with E-state index in [9.17, 15) is 0 Å². The van der Waals surface area contributed by atoms with Gasteiger partial charge in [-0.05, 0) is 17.5 Å². The first-order valence-corrected chi connectivity index (χ1v) is 4.53. The molecule has 3 heteroatoms. The normalized spacial score (nSPS) is 11.9. The van der Waals surface area contributed by atoms with Gasteiger partial charge in [0.2, 0.25) is 0 Å². The van der Waals surface area contributed by atoms with E-state index in [-0.39, 0.29) is 5.41 Å². The highest BCUT2D eigenvalue weighted by atomic mass is 14.8. The standard InChI is InChI=1S/C11H15N3/c1-11(2,3)8-14-9-5-4-6-13-10(9)7-12/h4-8,12H,1-3H3. The number of nitrogens with zero attached hydrogens (tertiary/aromatic N) is 2. The van der Waals surface area contributed by atoms with Gasteiger partial charge in [0.15, 0.2) is 0 Å². The summed E-state index contributed by atoms with van der Waals surface area (Å²) in [7, 11) is 0. The maximum atomic E-state index is 7.16. The lowest BCUT2D eigenvalue weighted by Gasteiger charge is -2.10. The Balaban J connectivity index is 2.97. The van der Waals surface area contributed by atoms with Gasteiger partial charge in [0.1, 0.15) is 5.69 Å². The quantitative estimate of drug-likeness (QED) is 0.714. The van der Waals surface area contributed by atoms with Crippen molar-refractivity contribution >= 4 is 18.1 Å². The SMILES string of the molecule is CC(C)(C)C=Nc1cccnc1C=N. The fourth-order valence-electron chi connectivity index (χ4n) is 0.893. The summed E-state index contributed by atoms with van der Waals surface area (Å²) in [6.45, 7) is 6.24. The minimum atomic E-state index is 0.0507. The number of rotatable bonds is 2. The maximum absolute atomic E-state index is 7.16. The van der Waals surface area contributed by atoms with Gasteiger partial charge in [-0.15, -0.1) is 0 Å². The largest absolute Gasteiger partial charge is 0.306 e.